The molecule has 2 aromatic rings. The van der Waals surface area contributed by atoms with E-state index in [9.17, 15) is 9.59 Å². The highest BCUT2D eigenvalue weighted by Crippen LogP contribution is 2.27. The number of carbonyl (C=O) groups excluding carboxylic acids is 2. The molecule has 2 atom stereocenters. The molecule has 2 aromatic carbocycles. The van der Waals surface area contributed by atoms with Crippen molar-refractivity contribution in [3.8, 4) is 0 Å². The zero-order valence-electron chi connectivity index (χ0n) is 14.0. The average Bonchev–Trinajstić information content (AvgIpc) is 2.60. The number of hydrogen-bond acceptors (Lipinski definition) is 3. The van der Waals surface area contributed by atoms with Crippen LogP contribution < -0.4 is 16.4 Å². The van der Waals surface area contributed by atoms with Crippen LogP contribution in [0.4, 0.5) is 11.4 Å². The molecule has 0 saturated heterocycles. The molecule has 0 spiro atoms. The third-order valence-corrected chi connectivity index (χ3v) is 4.41. The Kier molecular flexibility index (Phi) is 6.17. The van der Waals surface area contributed by atoms with Crippen LogP contribution in [0.5, 0.6) is 0 Å². The van der Waals surface area contributed by atoms with Crippen molar-refractivity contribution in [1.29, 1.82) is 0 Å². The van der Waals surface area contributed by atoms with E-state index in [-0.39, 0.29) is 36.2 Å². The van der Waals surface area contributed by atoms with Crippen LogP contribution in [0.2, 0.25) is 0 Å². The van der Waals surface area contributed by atoms with Crippen molar-refractivity contribution in [3.63, 3.8) is 0 Å². The highest BCUT2D eigenvalue weighted by Gasteiger charge is 2.23. The Morgan fingerprint density at radius 1 is 1.16 bits per heavy atom. The zero-order valence-corrected chi connectivity index (χ0v) is 14.8. The van der Waals surface area contributed by atoms with Gasteiger partial charge in [-0.05, 0) is 29.7 Å². The second-order valence-electron chi connectivity index (χ2n) is 6.13. The topological polar surface area (TPSA) is 84.2 Å². The number of anilines is 2. The molecular weight excluding hydrogens is 338 g/mol. The fourth-order valence-electron chi connectivity index (χ4n) is 2.83. The Labute approximate surface area is 153 Å². The van der Waals surface area contributed by atoms with Gasteiger partial charge in [-0.1, -0.05) is 43.3 Å². The zero-order chi connectivity index (χ0) is 17.1. The van der Waals surface area contributed by atoms with Gasteiger partial charge in [0.05, 0.1) is 5.92 Å². The number of carbonyl (C=O) groups is 2. The summed E-state index contributed by atoms with van der Waals surface area (Å²) in [5.74, 6) is -0.517. The fourth-order valence-corrected chi connectivity index (χ4v) is 2.83. The maximum atomic E-state index is 12.5. The lowest BCUT2D eigenvalue weighted by molar-refractivity contribution is -0.120. The van der Waals surface area contributed by atoms with E-state index in [1.165, 1.54) is 0 Å². The maximum Gasteiger partial charge on any atom is 0.229 e. The van der Waals surface area contributed by atoms with Gasteiger partial charge in [0.2, 0.25) is 11.8 Å². The highest BCUT2D eigenvalue weighted by molar-refractivity contribution is 5.97. The Morgan fingerprint density at radius 3 is 2.60 bits per heavy atom. The minimum Gasteiger partial charge on any atom is -0.326 e. The Hall–Kier alpha value is -2.37. The fraction of sp³-hybridized carbons (Fsp3) is 0.263. The molecule has 25 heavy (non-hydrogen) atoms. The molecule has 1 aliphatic rings. The van der Waals surface area contributed by atoms with Crippen LogP contribution in [0.15, 0.2) is 48.5 Å². The molecule has 5 nitrogen and oxygen atoms in total. The van der Waals surface area contributed by atoms with Crippen molar-refractivity contribution in [2.45, 2.75) is 25.8 Å². The molecule has 0 aromatic heterocycles. The number of rotatable bonds is 4. The summed E-state index contributed by atoms with van der Waals surface area (Å²) in [6.45, 7) is 1.81. The first kappa shape index (κ1) is 19.0. The summed E-state index contributed by atoms with van der Waals surface area (Å²) < 4.78 is 0. The Bertz CT molecular complexity index is 765. The molecule has 2 amide bonds. The van der Waals surface area contributed by atoms with Crippen LogP contribution in [0.25, 0.3) is 0 Å². The number of aryl methyl sites for hydroxylation is 1. The van der Waals surface area contributed by atoms with Crippen LogP contribution in [0, 0.1) is 5.92 Å². The van der Waals surface area contributed by atoms with Crippen LogP contribution in [-0.2, 0) is 16.0 Å². The first-order chi connectivity index (χ1) is 11.5. The van der Waals surface area contributed by atoms with Gasteiger partial charge in [0.25, 0.3) is 0 Å². The first-order valence-electron chi connectivity index (χ1n) is 8.09. The molecule has 1 aliphatic heterocycles. The smallest absolute Gasteiger partial charge is 0.229 e. The summed E-state index contributed by atoms with van der Waals surface area (Å²) in [5, 5.41) is 5.72. The number of benzene rings is 2. The van der Waals surface area contributed by atoms with Crippen LogP contribution in [0.1, 0.15) is 30.5 Å². The molecule has 3 rings (SSSR count). The number of fused-ring (bicyclic) bond motifs is 1. The van der Waals surface area contributed by atoms with Gasteiger partial charge in [0, 0.05) is 23.8 Å². The molecular formula is C19H22ClN3O2. The SMILES string of the molecule is CC(C(=O)Nc1ccc2c(c1)NC(=O)CC2)C(N)c1ccccc1.Cl. The number of hydrogen-bond donors (Lipinski definition) is 3. The summed E-state index contributed by atoms with van der Waals surface area (Å²) in [5.41, 5.74) is 9.65. The van der Waals surface area contributed by atoms with Crippen LogP contribution in [-0.4, -0.2) is 11.8 Å². The molecule has 132 valence electrons. The van der Waals surface area contributed by atoms with Gasteiger partial charge in [-0.15, -0.1) is 12.4 Å². The van der Waals surface area contributed by atoms with E-state index in [2.05, 4.69) is 10.6 Å². The summed E-state index contributed by atoms with van der Waals surface area (Å²) >= 11 is 0. The van der Waals surface area contributed by atoms with E-state index in [0.29, 0.717) is 12.1 Å². The first-order valence-corrected chi connectivity index (χ1v) is 8.09. The number of nitrogens with two attached hydrogens (primary N) is 1. The second-order valence-corrected chi connectivity index (χ2v) is 6.13. The lowest BCUT2D eigenvalue weighted by Crippen LogP contribution is -2.30. The third kappa shape index (κ3) is 4.38. The van der Waals surface area contributed by atoms with Gasteiger partial charge in [0.1, 0.15) is 0 Å². The predicted molar refractivity (Wildman–Crippen MR) is 102 cm³/mol. The van der Waals surface area contributed by atoms with Gasteiger partial charge >= 0.3 is 0 Å². The molecule has 6 heteroatoms. The minimum atomic E-state index is -0.377. The van der Waals surface area contributed by atoms with E-state index >= 15 is 0 Å². The monoisotopic (exact) mass is 359 g/mol. The second kappa shape index (κ2) is 8.14. The molecule has 1 heterocycles. The summed E-state index contributed by atoms with van der Waals surface area (Å²) in [6, 6.07) is 14.8. The number of nitrogens with one attached hydrogen (secondary N) is 2. The summed E-state index contributed by atoms with van der Waals surface area (Å²) in [6.07, 6.45) is 1.23. The highest BCUT2D eigenvalue weighted by atomic mass is 35.5. The van der Waals surface area contributed by atoms with Gasteiger partial charge < -0.3 is 16.4 Å². The molecule has 0 bridgehead atoms. The van der Waals surface area contributed by atoms with Crippen molar-refractivity contribution in [2.75, 3.05) is 10.6 Å². The lowest BCUT2D eigenvalue weighted by Gasteiger charge is -2.21. The third-order valence-electron chi connectivity index (χ3n) is 4.41. The molecule has 0 aliphatic carbocycles. The molecule has 0 radical (unpaired) electrons. The van der Waals surface area contributed by atoms with Crippen LogP contribution >= 0.6 is 12.4 Å². The van der Waals surface area contributed by atoms with Crippen molar-refractivity contribution < 1.29 is 9.59 Å². The van der Waals surface area contributed by atoms with E-state index in [1.54, 1.807) is 6.07 Å². The van der Waals surface area contributed by atoms with E-state index in [4.69, 9.17) is 5.73 Å². The molecule has 4 N–H and O–H groups in total. The number of halogens is 1. The van der Waals surface area contributed by atoms with Crippen molar-refractivity contribution in [3.05, 3.63) is 59.7 Å². The van der Waals surface area contributed by atoms with Gasteiger partial charge in [0.15, 0.2) is 0 Å². The van der Waals surface area contributed by atoms with Crippen molar-refractivity contribution >= 4 is 35.6 Å². The van der Waals surface area contributed by atoms with Gasteiger partial charge in [-0.3, -0.25) is 9.59 Å². The minimum absolute atomic E-state index is 0. The van der Waals surface area contributed by atoms with Gasteiger partial charge in [-0.25, -0.2) is 0 Å². The molecule has 0 saturated carbocycles. The average molecular weight is 360 g/mol. The quantitative estimate of drug-likeness (QED) is 0.783. The molecule has 2 unspecified atom stereocenters. The Morgan fingerprint density at radius 2 is 1.88 bits per heavy atom. The molecule has 0 fully saturated rings. The largest absolute Gasteiger partial charge is 0.326 e. The standard InChI is InChI=1S/C19H21N3O2.ClH/c1-12(18(20)14-5-3-2-4-6-14)19(24)21-15-9-7-13-8-10-17(23)22-16(13)11-15;/h2-7,9,11-12,18H,8,10,20H2,1H3,(H,21,24)(H,22,23);1H. The lowest BCUT2D eigenvalue weighted by atomic mass is 9.94. The van der Waals surface area contributed by atoms with Crippen molar-refractivity contribution in [1.82, 2.24) is 0 Å². The predicted octanol–water partition coefficient (Wildman–Crippen LogP) is 3.27. The maximum absolute atomic E-state index is 12.5. The van der Waals surface area contributed by atoms with E-state index < -0.39 is 0 Å². The summed E-state index contributed by atoms with van der Waals surface area (Å²) in [7, 11) is 0. The Balaban J connectivity index is 0.00000225. The number of amides is 2. The van der Waals surface area contributed by atoms with Crippen molar-refractivity contribution in [2.24, 2.45) is 11.7 Å². The van der Waals surface area contributed by atoms with E-state index in [1.807, 2.05) is 49.4 Å². The summed E-state index contributed by atoms with van der Waals surface area (Å²) in [4.78, 5) is 24.0. The normalized spacial score (nSPS) is 15.2. The van der Waals surface area contributed by atoms with Crippen LogP contribution in [0.3, 0.4) is 0 Å². The van der Waals surface area contributed by atoms with E-state index in [0.717, 1.165) is 23.2 Å². The van der Waals surface area contributed by atoms with Gasteiger partial charge in [-0.2, -0.15) is 0 Å².